The van der Waals surface area contributed by atoms with Crippen LogP contribution in [0.1, 0.15) is 37.7 Å². The fourth-order valence-electron chi connectivity index (χ4n) is 5.79. The molecular weight excluding hydrogens is 481 g/mol. The number of benzene rings is 1. The van der Waals surface area contributed by atoms with Crippen LogP contribution in [0.3, 0.4) is 0 Å². The average molecular weight is 516 g/mol. The monoisotopic (exact) mass is 515 g/mol. The molecule has 2 N–H and O–H groups in total. The van der Waals surface area contributed by atoms with Crippen LogP contribution in [0.4, 0.5) is 16.0 Å². The van der Waals surface area contributed by atoms with Crippen molar-refractivity contribution in [3.8, 4) is 0 Å². The van der Waals surface area contributed by atoms with Gasteiger partial charge in [-0.2, -0.15) is 0 Å². The highest BCUT2D eigenvalue weighted by Crippen LogP contribution is 2.30. The number of aromatic nitrogens is 2. The molecule has 3 saturated heterocycles. The summed E-state index contributed by atoms with van der Waals surface area (Å²) in [5.41, 5.74) is 0.590. The maximum atomic E-state index is 14.5. The molecule has 2 aromatic rings. The van der Waals surface area contributed by atoms with Crippen molar-refractivity contribution in [1.82, 2.24) is 25.1 Å². The lowest BCUT2D eigenvalue weighted by Crippen LogP contribution is -2.58. The zero-order chi connectivity index (χ0) is 24.5. The molecule has 0 radical (unpaired) electrons. The van der Waals surface area contributed by atoms with Crippen LogP contribution in [0.5, 0.6) is 0 Å². The van der Waals surface area contributed by atoms with Crippen molar-refractivity contribution < 1.29 is 9.23 Å². The van der Waals surface area contributed by atoms with Gasteiger partial charge in [0.2, 0.25) is 0 Å². The third-order valence-corrected chi connectivity index (χ3v) is 8.26. The summed E-state index contributed by atoms with van der Waals surface area (Å²) in [7, 11) is 0. The highest BCUT2D eigenvalue weighted by atomic mass is 35.5. The molecule has 4 fully saturated rings. The number of hydrogen-bond donors (Lipinski definition) is 2. The number of piperidine rings is 1. The minimum absolute atomic E-state index is 0.0156. The van der Waals surface area contributed by atoms with E-state index in [1.54, 1.807) is 29.6 Å². The van der Waals surface area contributed by atoms with Crippen LogP contribution >= 0.6 is 11.6 Å². The Labute approximate surface area is 217 Å². The fraction of sp³-hybridized carbons (Fsp3) is 0.615. The highest BCUT2D eigenvalue weighted by Gasteiger charge is 2.34. The van der Waals surface area contributed by atoms with E-state index in [4.69, 9.17) is 16.4 Å². The van der Waals surface area contributed by atoms with Gasteiger partial charge in [-0.25, -0.2) is 19.4 Å². The van der Waals surface area contributed by atoms with Crippen molar-refractivity contribution in [1.29, 1.82) is 0 Å². The van der Waals surface area contributed by atoms with Crippen molar-refractivity contribution in [2.45, 2.75) is 62.8 Å². The molecule has 0 bridgehead atoms. The smallest absolute Gasteiger partial charge is 0.158 e. The molecule has 8 nitrogen and oxygen atoms in total. The normalized spacial score (nSPS) is 27.9. The molecule has 1 saturated carbocycles. The molecule has 2 unspecified atom stereocenters. The van der Waals surface area contributed by atoms with Gasteiger partial charge in [-0.1, -0.05) is 23.7 Å². The molecule has 36 heavy (non-hydrogen) atoms. The highest BCUT2D eigenvalue weighted by molar-refractivity contribution is 6.30. The number of anilines is 2. The summed E-state index contributed by atoms with van der Waals surface area (Å²) < 4.78 is 14.5. The summed E-state index contributed by atoms with van der Waals surface area (Å²) in [6.07, 6.45) is 8.34. The summed E-state index contributed by atoms with van der Waals surface area (Å²) in [5.74, 6) is 1.11. The van der Waals surface area contributed by atoms with Crippen LogP contribution in [0, 0.1) is 5.82 Å². The third kappa shape index (κ3) is 5.45. The van der Waals surface area contributed by atoms with Crippen LogP contribution in [0.25, 0.3) is 0 Å². The largest absolute Gasteiger partial charge is 0.366 e. The molecule has 4 heterocycles. The quantitative estimate of drug-likeness (QED) is 0.582. The number of halogens is 2. The molecule has 194 valence electrons. The lowest BCUT2D eigenvalue weighted by molar-refractivity contribution is 0.0634. The molecule has 3 atom stereocenters. The minimum atomic E-state index is -0.357. The molecule has 0 spiro atoms. The van der Waals surface area contributed by atoms with Crippen molar-refractivity contribution >= 4 is 23.2 Å². The fourth-order valence-corrected chi connectivity index (χ4v) is 5.99. The first kappa shape index (κ1) is 24.3. The zero-order valence-corrected chi connectivity index (χ0v) is 21.3. The van der Waals surface area contributed by atoms with Gasteiger partial charge in [0.25, 0.3) is 0 Å². The first-order chi connectivity index (χ1) is 17.6. The second kappa shape index (κ2) is 10.8. The van der Waals surface area contributed by atoms with Gasteiger partial charge >= 0.3 is 0 Å². The van der Waals surface area contributed by atoms with E-state index in [0.29, 0.717) is 36.6 Å². The molecule has 4 aliphatic rings. The number of rotatable bonds is 7. The summed E-state index contributed by atoms with van der Waals surface area (Å²) in [6, 6.07) is 8.23. The zero-order valence-electron chi connectivity index (χ0n) is 20.6. The first-order valence-electron chi connectivity index (χ1n) is 13.3. The van der Waals surface area contributed by atoms with Gasteiger partial charge in [0.15, 0.2) is 5.82 Å². The number of piperazine rings is 1. The molecule has 1 aromatic heterocycles. The van der Waals surface area contributed by atoms with E-state index in [0.717, 1.165) is 50.8 Å². The van der Waals surface area contributed by atoms with Gasteiger partial charge in [-0.05, 0) is 50.2 Å². The van der Waals surface area contributed by atoms with Crippen molar-refractivity contribution in [3.05, 3.63) is 47.0 Å². The molecule has 3 aliphatic heterocycles. The Morgan fingerprint density at radius 3 is 2.67 bits per heavy atom. The number of nitrogens with one attached hydrogen (secondary N) is 2. The SMILES string of the molecule is Fc1c(Cl)cccc1C[C@H]1CCON1c1cc(NC2CCC(N3CCN(C4CC4)CC3)NC2)ncn1. The maximum absolute atomic E-state index is 14.5. The summed E-state index contributed by atoms with van der Waals surface area (Å²) in [5, 5.41) is 9.28. The first-order valence-corrected chi connectivity index (χ1v) is 13.7. The molecule has 1 aromatic carbocycles. The summed E-state index contributed by atoms with van der Waals surface area (Å²) in [6.45, 7) is 6.22. The van der Waals surface area contributed by atoms with Gasteiger partial charge in [-0.15, -0.1) is 0 Å². The van der Waals surface area contributed by atoms with E-state index >= 15 is 0 Å². The Hall–Kier alpha value is -2.04. The minimum Gasteiger partial charge on any atom is -0.366 e. The number of hydroxylamine groups is 1. The summed E-state index contributed by atoms with van der Waals surface area (Å²) >= 11 is 5.98. The van der Waals surface area contributed by atoms with E-state index in [9.17, 15) is 4.39 Å². The van der Waals surface area contributed by atoms with Crippen molar-refractivity contribution in [3.63, 3.8) is 0 Å². The number of hydrogen-bond acceptors (Lipinski definition) is 8. The standard InChI is InChI=1S/C26H35ClFN7O/c27-22-3-1-2-18(26(22)28)14-21-8-13-36-35(21)25-15-23(30-17-31-25)32-19-4-7-24(29-16-19)34-11-9-33(10-12-34)20-5-6-20/h1-3,15,17,19-21,24,29H,4-14,16H2,(H,30,31,32)/t19?,21-,24?/m1/s1. The van der Waals surface area contributed by atoms with Gasteiger partial charge in [0.1, 0.15) is 18.0 Å². The Balaban J connectivity index is 1.03. The van der Waals surface area contributed by atoms with E-state index in [1.807, 2.05) is 6.07 Å². The second-order valence-corrected chi connectivity index (χ2v) is 10.8. The van der Waals surface area contributed by atoms with E-state index in [-0.39, 0.29) is 16.9 Å². The van der Waals surface area contributed by atoms with Crippen molar-refractivity contribution in [2.75, 3.05) is 49.7 Å². The van der Waals surface area contributed by atoms with E-state index in [1.165, 1.54) is 25.9 Å². The predicted octanol–water partition coefficient (Wildman–Crippen LogP) is 3.29. The Morgan fingerprint density at radius 2 is 1.89 bits per heavy atom. The predicted molar refractivity (Wildman–Crippen MR) is 139 cm³/mol. The molecule has 0 amide bonds. The molecule has 10 heteroatoms. The molecule has 1 aliphatic carbocycles. The molecule has 6 rings (SSSR count). The maximum Gasteiger partial charge on any atom is 0.158 e. The topological polar surface area (TPSA) is 68.8 Å². The molecular formula is C26H35ClFN7O. The second-order valence-electron chi connectivity index (χ2n) is 10.4. The third-order valence-electron chi connectivity index (χ3n) is 7.97. The van der Waals surface area contributed by atoms with Crippen molar-refractivity contribution in [2.24, 2.45) is 0 Å². The van der Waals surface area contributed by atoms with Crippen LogP contribution < -0.4 is 15.7 Å². The lowest BCUT2D eigenvalue weighted by atomic mass is 10.0. The number of nitrogens with zero attached hydrogens (tertiary/aromatic N) is 5. The van der Waals surface area contributed by atoms with Crippen LogP contribution in [0.15, 0.2) is 30.6 Å². The van der Waals surface area contributed by atoms with E-state index < -0.39 is 0 Å². The van der Waals surface area contributed by atoms with E-state index in [2.05, 4.69) is 30.4 Å². The van der Waals surface area contributed by atoms with Gasteiger partial charge in [0.05, 0.1) is 23.8 Å². The van der Waals surface area contributed by atoms with Gasteiger partial charge in [0, 0.05) is 50.9 Å². The average Bonchev–Trinajstić information content (AvgIpc) is 3.66. The van der Waals surface area contributed by atoms with Gasteiger partial charge in [-0.3, -0.25) is 20.0 Å². The Kier molecular flexibility index (Phi) is 7.26. The van der Waals surface area contributed by atoms with Crippen LogP contribution in [-0.2, 0) is 11.3 Å². The van der Waals surface area contributed by atoms with Crippen LogP contribution in [0.2, 0.25) is 5.02 Å². The van der Waals surface area contributed by atoms with Crippen LogP contribution in [-0.4, -0.2) is 83.4 Å². The van der Waals surface area contributed by atoms with Gasteiger partial charge < -0.3 is 5.32 Å². The summed E-state index contributed by atoms with van der Waals surface area (Å²) in [4.78, 5) is 20.1. The Bertz CT molecular complexity index is 1040. The Morgan fingerprint density at radius 1 is 1.06 bits per heavy atom. The lowest BCUT2D eigenvalue weighted by Gasteiger charge is -2.42.